The van der Waals surface area contributed by atoms with E-state index in [9.17, 15) is 14.7 Å². The molecule has 0 saturated heterocycles. The average molecular weight is 532 g/mol. The largest absolute Gasteiger partial charge is 0.493 e. The normalized spacial score (nSPS) is 14.4. The van der Waals surface area contributed by atoms with Gasteiger partial charge in [-0.25, -0.2) is 0 Å². The Morgan fingerprint density at radius 1 is 1.11 bits per heavy atom. The van der Waals surface area contributed by atoms with E-state index in [1.54, 1.807) is 7.11 Å². The van der Waals surface area contributed by atoms with E-state index in [4.69, 9.17) is 15.2 Å². The zero-order chi connectivity index (χ0) is 28.6. The molecule has 0 aliphatic rings. The molecule has 214 valence electrons. The minimum atomic E-state index is -0.873. The number of nitrogens with one attached hydrogen (secondary N) is 1. The van der Waals surface area contributed by atoms with Gasteiger partial charge in [0.15, 0.2) is 11.5 Å². The highest BCUT2D eigenvalue weighted by Crippen LogP contribution is 2.32. The first-order valence-electron chi connectivity index (χ1n) is 13.9. The molecule has 2 rings (SSSR count). The highest BCUT2D eigenvalue weighted by atomic mass is 16.5. The van der Waals surface area contributed by atoms with Crippen molar-refractivity contribution in [1.82, 2.24) is 0 Å². The molecule has 38 heavy (non-hydrogen) atoms. The Morgan fingerprint density at radius 2 is 1.79 bits per heavy atom. The molecule has 3 atom stereocenters. The van der Waals surface area contributed by atoms with Crippen molar-refractivity contribution >= 4 is 11.4 Å². The SMILES string of the molecule is CCCOc1cc(C[C@@H](C[C@H](N)[C@@H](O)CNc2c(N(C)C(C)(C)CCC)c(=O)c2=O)C(C)C)ccc1OC. The standard InChI is InChI=1S/C30H49N3O5/c1-9-13-30(5,6)33(7)27-26(28(35)29(27)36)32-18-23(34)22(31)17-21(19(3)4)15-20-11-12-24(37-8)25(16-20)38-14-10-2/h11-12,16,19,21-23,32,34H,9-10,13-15,17-18,31H2,1-8H3/t21-,22-,23-/m0/s1. The summed E-state index contributed by atoms with van der Waals surface area (Å²) in [6.07, 6.45) is 3.28. The smallest absolute Gasteiger partial charge is 0.253 e. The molecule has 0 saturated carbocycles. The molecule has 0 bridgehead atoms. The summed E-state index contributed by atoms with van der Waals surface area (Å²) in [5, 5.41) is 13.9. The molecule has 2 aromatic rings. The van der Waals surface area contributed by atoms with E-state index in [-0.39, 0.29) is 23.7 Å². The van der Waals surface area contributed by atoms with Crippen molar-refractivity contribution in [2.45, 2.75) is 91.3 Å². The number of ether oxygens (including phenoxy) is 2. The van der Waals surface area contributed by atoms with Crippen molar-refractivity contribution in [1.29, 1.82) is 0 Å². The second-order valence-corrected chi connectivity index (χ2v) is 11.4. The lowest BCUT2D eigenvalue weighted by Crippen LogP contribution is -2.50. The van der Waals surface area contributed by atoms with Crippen LogP contribution in [0.15, 0.2) is 27.8 Å². The van der Waals surface area contributed by atoms with E-state index in [0.717, 1.165) is 37.0 Å². The third-order valence-electron chi connectivity index (χ3n) is 7.68. The second kappa shape index (κ2) is 14.0. The number of rotatable bonds is 17. The quantitative estimate of drug-likeness (QED) is 0.262. The van der Waals surface area contributed by atoms with Gasteiger partial charge in [-0.1, -0.05) is 40.2 Å². The predicted molar refractivity (Wildman–Crippen MR) is 157 cm³/mol. The molecule has 0 amide bonds. The number of hydrogen-bond donors (Lipinski definition) is 3. The summed E-state index contributed by atoms with van der Waals surface area (Å²) in [5.74, 6) is 2.02. The molecular weight excluding hydrogens is 482 g/mol. The number of nitrogens with two attached hydrogens (primary N) is 1. The van der Waals surface area contributed by atoms with Gasteiger partial charge in [-0.3, -0.25) is 9.59 Å². The van der Waals surface area contributed by atoms with Crippen LogP contribution in [0.3, 0.4) is 0 Å². The third-order valence-corrected chi connectivity index (χ3v) is 7.68. The van der Waals surface area contributed by atoms with Gasteiger partial charge in [-0.2, -0.15) is 0 Å². The topological polar surface area (TPSA) is 114 Å². The van der Waals surface area contributed by atoms with Crippen LogP contribution >= 0.6 is 0 Å². The Morgan fingerprint density at radius 3 is 2.37 bits per heavy atom. The van der Waals surface area contributed by atoms with Crippen molar-refractivity contribution in [2.24, 2.45) is 17.6 Å². The van der Waals surface area contributed by atoms with Crippen LogP contribution in [0.4, 0.5) is 11.4 Å². The van der Waals surface area contributed by atoms with Gasteiger partial charge >= 0.3 is 0 Å². The van der Waals surface area contributed by atoms with E-state index >= 15 is 0 Å². The summed E-state index contributed by atoms with van der Waals surface area (Å²) in [6.45, 7) is 13.3. The Labute approximate surface area is 228 Å². The van der Waals surface area contributed by atoms with Crippen LogP contribution in [0.25, 0.3) is 0 Å². The van der Waals surface area contributed by atoms with Crippen LogP contribution in [-0.2, 0) is 6.42 Å². The highest BCUT2D eigenvalue weighted by Gasteiger charge is 2.32. The predicted octanol–water partition coefficient (Wildman–Crippen LogP) is 4.10. The first-order valence-corrected chi connectivity index (χ1v) is 13.9. The Bertz CT molecular complexity index is 1090. The molecule has 2 aromatic carbocycles. The maximum atomic E-state index is 12.4. The molecule has 0 unspecified atom stereocenters. The highest BCUT2D eigenvalue weighted by molar-refractivity contribution is 5.75. The number of anilines is 2. The van der Waals surface area contributed by atoms with Gasteiger partial charge in [-0.05, 0) is 69.1 Å². The van der Waals surface area contributed by atoms with Crippen molar-refractivity contribution < 1.29 is 14.6 Å². The molecule has 0 aromatic heterocycles. The summed E-state index contributed by atoms with van der Waals surface area (Å²) in [6, 6.07) is 5.50. The second-order valence-electron chi connectivity index (χ2n) is 11.4. The first-order chi connectivity index (χ1) is 17.9. The van der Waals surface area contributed by atoms with Crippen LogP contribution in [0.2, 0.25) is 0 Å². The van der Waals surface area contributed by atoms with Crippen molar-refractivity contribution in [2.75, 3.05) is 37.5 Å². The van der Waals surface area contributed by atoms with Crippen molar-refractivity contribution in [3.63, 3.8) is 0 Å². The van der Waals surface area contributed by atoms with Crippen molar-refractivity contribution in [3.05, 3.63) is 44.2 Å². The van der Waals surface area contributed by atoms with Crippen LogP contribution in [0.1, 0.15) is 72.8 Å². The lowest BCUT2D eigenvalue weighted by atomic mass is 9.83. The van der Waals surface area contributed by atoms with E-state index < -0.39 is 23.0 Å². The number of methoxy groups -OCH3 is 1. The minimum Gasteiger partial charge on any atom is -0.493 e. The van der Waals surface area contributed by atoms with Gasteiger partial charge in [0.2, 0.25) is 0 Å². The summed E-state index contributed by atoms with van der Waals surface area (Å²) >= 11 is 0. The molecule has 0 aliphatic carbocycles. The van der Waals surface area contributed by atoms with E-state index in [1.165, 1.54) is 0 Å². The van der Waals surface area contributed by atoms with Gasteiger partial charge in [-0.15, -0.1) is 0 Å². The fourth-order valence-electron chi connectivity index (χ4n) is 4.88. The Kier molecular flexibility index (Phi) is 11.6. The van der Waals surface area contributed by atoms with Crippen LogP contribution in [-0.4, -0.2) is 50.1 Å². The number of nitrogens with zero attached hydrogens (tertiary/aromatic N) is 1. The molecule has 0 spiro atoms. The minimum absolute atomic E-state index is 0.101. The van der Waals surface area contributed by atoms with E-state index in [0.29, 0.717) is 30.4 Å². The van der Waals surface area contributed by atoms with Crippen LogP contribution in [0.5, 0.6) is 11.5 Å². The molecule has 0 aliphatic heterocycles. The van der Waals surface area contributed by atoms with Crippen LogP contribution < -0.4 is 36.3 Å². The zero-order valence-corrected chi connectivity index (χ0v) is 24.6. The number of hydrogen-bond acceptors (Lipinski definition) is 8. The third kappa shape index (κ3) is 7.73. The summed E-state index contributed by atoms with van der Waals surface area (Å²) in [7, 11) is 3.47. The molecule has 0 fully saturated rings. The number of benzene rings is 1. The molecule has 0 heterocycles. The first kappa shape index (κ1) is 31.6. The van der Waals surface area contributed by atoms with Gasteiger partial charge in [0.05, 0.1) is 19.8 Å². The van der Waals surface area contributed by atoms with Crippen LogP contribution in [0, 0.1) is 11.8 Å². The van der Waals surface area contributed by atoms with Gasteiger partial charge < -0.3 is 30.5 Å². The van der Waals surface area contributed by atoms with Gasteiger partial charge in [0.1, 0.15) is 11.4 Å². The lowest BCUT2D eigenvalue weighted by molar-refractivity contribution is 0.137. The van der Waals surface area contributed by atoms with Gasteiger partial charge in [0.25, 0.3) is 10.9 Å². The maximum Gasteiger partial charge on any atom is 0.253 e. The Balaban J connectivity index is 2.06. The fraction of sp³-hybridized carbons (Fsp3) is 0.667. The van der Waals surface area contributed by atoms with Crippen molar-refractivity contribution in [3.8, 4) is 11.5 Å². The molecule has 8 nitrogen and oxygen atoms in total. The zero-order valence-electron chi connectivity index (χ0n) is 24.6. The average Bonchev–Trinajstić information content (AvgIpc) is 2.88. The summed E-state index contributed by atoms with van der Waals surface area (Å²) in [4.78, 5) is 26.6. The van der Waals surface area contributed by atoms with E-state index in [1.807, 2.05) is 30.1 Å². The maximum absolute atomic E-state index is 12.4. The number of aliphatic hydroxyl groups excluding tert-OH is 1. The monoisotopic (exact) mass is 531 g/mol. The fourth-order valence-corrected chi connectivity index (χ4v) is 4.88. The summed E-state index contributed by atoms with van der Waals surface area (Å²) < 4.78 is 11.3. The van der Waals surface area contributed by atoms with Gasteiger partial charge in [0, 0.05) is 25.2 Å². The van der Waals surface area contributed by atoms with E-state index in [2.05, 4.69) is 46.9 Å². The lowest BCUT2D eigenvalue weighted by Gasteiger charge is -2.38. The molecule has 0 radical (unpaired) electrons. The molecule has 4 N–H and O–H groups in total. The molecule has 8 heteroatoms. The molecular formula is C30H49N3O5. The summed E-state index contributed by atoms with van der Waals surface area (Å²) in [5.41, 5.74) is 6.93. The Hall–Kier alpha value is -2.58. The number of aliphatic hydroxyl groups is 1.